The maximum absolute atomic E-state index is 12.9. The molecule has 0 spiro atoms. The van der Waals surface area contributed by atoms with Crippen LogP contribution in [0.15, 0.2) is 57.9 Å². The van der Waals surface area contributed by atoms with Gasteiger partial charge in [-0.15, -0.1) is 0 Å². The predicted octanol–water partition coefficient (Wildman–Crippen LogP) is 3.55. The fourth-order valence-corrected chi connectivity index (χ4v) is 4.19. The second-order valence-electron chi connectivity index (χ2n) is 6.23. The zero-order valence-corrected chi connectivity index (χ0v) is 18.3. The number of nitrogens with zero attached hydrogens (tertiary/aromatic N) is 2. The Morgan fingerprint density at radius 3 is 2.41 bits per heavy atom. The second-order valence-corrected chi connectivity index (χ2v) is 8.79. The molecule has 1 aromatic heterocycles. The van der Waals surface area contributed by atoms with Gasteiger partial charge in [0.05, 0.1) is 12.8 Å². The van der Waals surface area contributed by atoms with Crippen molar-refractivity contribution in [1.82, 2.24) is 9.78 Å². The Kier molecular flexibility index (Phi) is 5.94. The summed E-state index contributed by atoms with van der Waals surface area (Å²) in [6.45, 7) is 1.81. The molecule has 0 bridgehead atoms. The number of halogens is 1. The summed E-state index contributed by atoms with van der Waals surface area (Å²) in [4.78, 5) is 12.5. The van der Waals surface area contributed by atoms with Crippen LogP contribution in [-0.4, -0.2) is 31.2 Å². The lowest BCUT2D eigenvalue weighted by atomic mass is 10.2. The predicted molar refractivity (Wildman–Crippen MR) is 114 cm³/mol. The highest BCUT2D eigenvalue weighted by Crippen LogP contribution is 2.28. The first kappa shape index (κ1) is 20.9. The van der Waals surface area contributed by atoms with Gasteiger partial charge in [-0.1, -0.05) is 15.9 Å². The molecule has 1 heterocycles. The number of hydrogen-bond acceptors (Lipinski definition) is 5. The van der Waals surface area contributed by atoms with Crippen molar-refractivity contribution in [2.75, 3.05) is 17.1 Å². The Morgan fingerprint density at radius 1 is 1.14 bits per heavy atom. The highest BCUT2D eigenvalue weighted by molar-refractivity contribution is 9.10. The first-order chi connectivity index (χ1) is 13.7. The number of nitrogens with one attached hydrogen (secondary N) is 2. The smallest absolute Gasteiger partial charge is 0.265 e. The molecule has 0 saturated heterocycles. The molecule has 0 aliphatic rings. The highest BCUT2D eigenvalue weighted by atomic mass is 79.9. The van der Waals surface area contributed by atoms with Crippen LogP contribution in [0.4, 0.5) is 11.5 Å². The molecule has 0 aliphatic carbocycles. The number of sulfonamides is 1. The zero-order chi connectivity index (χ0) is 21.2. The molecule has 0 saturated carbocycles. The number of aromatic nitrogens is 2. The number of anilines is 2. The third-order valence-electron chi connectivity index (χ3n) is 4.06. The normalized spacial score (nSPS) is 11.2. The van der Waals surface area contributed by atoms with Crippen LogP contribution in [0.3, 0.4) is 0 Å². The van der Waals surface area contributed by atoms with Gasteiger partial charge in [0.25, 0.3) is 15.9 Å². The van der Waals surface area contributed by atoms with Crippen LogP contribution >= 0.6 is 15.9 Å². The molecule has 10 heteroatoms. The van der Waals surface area contributed by atoms with Crippen molar-refractivity contribution in [2.24, 2.45) is 7.05 Å². The summed E-state index contributed by atoms with van der Waals surface area (Å²) in [6, 6.07) is 12.6. The van der Waals surface area contributed by atoms with Crippen LogP contribution in [0.25, 0.3) is 0 Å². The number of aryl methyl sites for hydroxylation is 2. The molecular formula is C19H19BrN4O4S. The second kappa shape index (κ2) is 8.26. The van der Waals surface area contributed by atoms with Crippen molar-refractivity contribution in [2.45, 2.75) is 11.8 Å². The standard InChI is InChI=1S/C19H19BrN4O4S/c1-12-10-18(24(2)22-12)21-19(25)13-4-9-16(28-3)17(11-13)29(26,27)23-15-7-5-14(20)6-8-15/h4-11,23H,1-3H3,(H,21,25). The molecule has 29 heavy (non-hydrogen) atoms. The van der Waals surface area contributed by atoms with E-state index in [-0.39, 0.29) is 16.2 Å². The van der Waals surface area contributed by atoms with Crippen LogP contribution in [-0.2, 0) is 17.1 Å². The minimum atomic E-state index is -3.99. The third-order valence-corrected chi connectivity index (χ3v) is 5.99. The molecule has 152 valence electrons. The topological polar surface area (TPSA) is 102 Å². The van der Waals surface area contributed by atoms with E-state index >= 15 is 0 Å². The molecule has 3 rings (SSSR count). The summed E-state index contributed by atoms with van der Waals surface area (Å²) in [5.41, 5.74) is 1.30. The average molecular weight is 479 g/mol. The number of methoxy groups -OCH3 is 1. The van der Waals surface area contributed by atoms with Crippen molar-refractivity contribution < 1.29 is 17.9 Å². The Labute approximate surface area is 177 Å². The molecule has 2 N–H and O–H groups in total. The minimum Gasteiger partial charge on any atom is -0.495 e. The van der Waals surface area contributed by atoms with E-state index in [0.717, 1.165) is 10.2 Å². The van der Waals surface area contributed by atoms with Crippen LogP contribution < -0.4 is 14.8 Å². The summed E-state index contributed by atoms with van der Waals surface area (Å²) in [5.74, 6) is 0.166. The van der Waals surface area contributed by atoms with Gasteiger partial charge in [-0.05, 0) is 49.4 Å². The van der Waals surface area contributed by atoms with Crippen LogP contribution in [0, 0.1) is 6.92 Å². The third kappa shape index (κ3) is 4.77. The van der Waals surface area contributed by atoms with Gasteiger partial charge in [0.1, 0.15) is 16.5 Å². The van der Waals surface area contributed by atoms with Crippen LogP contribution in [0.1, 0.15) is 16.1 Å². The van der Waals surface area contributed by atoms with Gasteiger partial charge < -0.3 is 10.1 Å². The summed E-state index contributed by atoms with van der Waals surface area (Å²) >= 11 is 3.30. The molecule has 3 aromatic rings. The summed E-state index contributed by atoms with van der Waals surface area (Å²) in [7, 11) is -0.919. The van der Waals surface area contributed by atoms with Gasteiger partial charge in [0.2, 0.25) is 0 Å². The number of benzene rings is 2. The number of ether oxygens (including phenoxy) is 1. The highest BCUT2D eigenvalue weighted by Gasteiger charge is 2.22. The number of carbonyl (C=O) groups is 1. The van der Waals surface area contributed by atoms with Gasteiger partial charge >= 0.3 is 0 Å². The van der Waals surface area contributed by atoms with Gasteiger partial charge in [0, 0.05) is 28.8 Å². The number of hydrogen-bond donors (Lipinski definition) is 2. The monoisotopic (exact) mass is 478 g/mol. The van der Waals surface area contributed by atoms with Crippen molar-refractivity contribution in [3.63, 3.8) is 0 Å². The van der Waals surface area contributed by atoms with E-state index in [1.807, 2.05) is 6.92 Å². The first-order valence-electron chi connectivity index (χ1n) is 8.48. The minimum absolute atomic E-state index is 0.127. The van der Waals surface area contributed by atoms with Gasteiger partial charge in [-0.2, -0.15) is 5.10 Å². The Balaban J connectivity index is 1.92. The van der Waals surface area contributed by atoms with E-state index in [1.165, 1.54) is 30.0 Å². The van der Waals surface area contributed by atoms with Gasteiger partial charge in [-0.25, -0.2) is 8.42 Å². The summed E-state index contributed by atoms with van der Waals surface area (Å²) < 4.78 is 35.9. The maximum atomic E-state index is 12.9. The molecule has 2 aromatic carbocycles. The molecule has 0 fully saturated rings. The summed E-state index contributed by atoms with van der Waals surface area (Å²) in [6.07, 6.45) is 0. The quantitative estimate of drug-likeness (QED) is 0.563. The lowest BCUT2D eigenvalue weighted by Gasteiger charge is -2.13. The molecule has 8 nitrogen and oxygen atoms in total. The fraction of sp³-hybridized carbons (Fsp3) is 0.158. The van der Waals surface area contributed by atoms with Crippen LogP contribution in [0.5, 0.6) is 5.75 Å². The molecular weight excluding hydrogens is 460 g/mol. The van der Waals surface area contributed by atoms with Gasteiger partial charge in [0.15, 0.2) is 0 Å². The van der Waals surface area contributed by atoms with E-state index in [4.69, 9.17) is 4.74 Å². The molecule has 0 radical (unpaired) electrons. The average Bonchev–Trinajstić information content (AvgIpc) is 2.99. The Morgan fingerprint density at radius 2 is 1.83 bits per heavy atom. The SMILES string of the molecule is COc1ccc(C(=O)Nc2cc(C)nn2C)cc1S(=O)(=O)Nc1ccc(Br)cc1. The zero-order valence-electron chi connectivity index (χ0n) is 15.9. The summed E-state index contributed by atoms with van der Waals surface area (Å²) in [5, 5.41) is 6.89. The Bertz CT molecular complexity index is 1160. The van der Waals surface area contributed by atoms with E-state index in [9.17, 15) is 13.2 Å². The fourth-order valence-electron chi connectivity index (χ4n) is 2.67. The van der Waals surface area contributed by atoms with E-state index in [1.54, 1.807) is 37.4 Å². The lowest BCUT2D eigenvalue weighted by molar-refractivity contribution is 0.102. The van der Waals surface area contributed by atoms with E-state index < -0.39 is 15.9 Å². The van der Waals surface area contributed by atoms with Crippen molar-refractivity contribution in [1.29, 1.82) is 0 Å². The van der Waals surface area contributed by atoms with Crippen LogP contribution in [0.2, 0.25) is 0 Å². The molecule has 0 unspecified atom stereocenters. The number of carbonyl (C=O) groups excluding carboxylic acids is 1. The van der Waals surface area contributed by atoms with Crippen molar-refractivity contribution in [3.05, 3.63) is 64.3 Å². The Hall–Kier alpha value is -2.85. The van der Waals surface area contributed by atoms with Crippen molar-refractivity contribution >= 4 is 43.4 Å². The number of amides is 1. The first-order valence-corrected chi connectivity index (χ1v) is 10.8. The van der Waals surface area contributed by atoms with E-state index in [2.05, 4.69) is 31.1 Å². The van der Waals surface area contributed by atoms with Crippen molar-refractivity contribution in [3.8, 4) is 5.75 Å². The number of rotatable bonds is 6. The maximum Gasteiger partial charge on any atom is 0.265 e. The molecule has 0 aliphatic heterocycles. The lowest BCUT2D eigenvalue weighted by Crippen LogP contribution is -2.18. The van der Waals surface area contributed by atoms with E-state index in [0.29, 0.717) is 11.5 Å². The molecule has 0 atom stereocenters. The van der Waals surface area contributed by atoms with Gasteiger partial charge in [-0.3, -0.25) is 14.2 Å². The largest absolute Gasteiger partial charge is 0.495 e. The molecule has 1 amide bonds.